The van der Waals surface area contributed by atoms with Crippen LogP contribution in [0, 0.1) is 0 Å². The maximum atomic E-state index is 5.10. The molecular formula is C45H32N4. The fourth-order valence-corrected chi connectivity index (χ4v) is 7.05. The third-order valence-electron chi connectivity index (χ3n) is 9.37. The van der Waals surface area contributed by atoms with Crippen molar-refractivity contribution in [3.8, 4) is 62.1 Å². The van der Waals surface area contributed by atoms with Crippen molar-refractivity contribution in [3.05, 3.63) is 175 Å². The lowest BCUT2D eigenvalue weighted by atomic mass is 9.99. The predicted octanol–water partition coefficient (Wildman–Crippen LogP) is 11.1. The van der Waals surface area contributed by atoms with Crippen LogP contribution >= 0.6 is 0 Å². The quantitative estimate of drug-likeness (QED) is 0.184. The molecule has 8 aromatic rings. The number of fused-ring (bicyclic) bond motifs is 3. The lowest BCUT2D eigenvalue weighted by Gasteiger charge is -2.17. The van der Waals surface area contributed by atoms with Gasteiger partial charge in [-0.15, -0.1) is 0 Å². The summed E-state index contributed by atoms with van der Waals surface area (Å²) in [5, 5.41) is 1.30. The molecule has 0 saturated carbocycles. The number of hydrogen-bond donors (Lipinski definition) is 0. The molecule has 0 bridgehead atoms. The topological polar surface area (TPSA) is 43.6 Å². The van der Waals surface area contributed by atoms with Gasteiger partial charge >= 0.3 is 0 Å². The summed E-state index contributed by atoms with van der Waals surface area (Å²) in [4.78, 5) is 15.1. The summed E-state index contributed by atoms with van der Waals surface area (Å²) in [5.41, 5.74) is 12.5. The van der Waals surface area contributed by atoms with E-state index < -0.39 is 0 Å². The molecule has 232 valence electrons. The first-order valence-corrected chi connectivity index (χ1v) is 16.8. The minimum atomic E-state index is 0.642. The molecule has 1 aliphatic carbocycles. The van der Waals surface area contributed by atoms with Gasteiger partial charge in [-0.25, -0.2) is 15.0 Å². The van der Waals surface area contributed by atoms with Gasteiger partial charge in [0.15, 0.2) is 17.5 Å². The van der Waals surface area contributed by atoms with Gasteiger partial charge in [0.25, 0.3) is 0 Å². The molecule has 1 aliphatic rings. The van der Waals surface area contributed by atoms with Crippen LogP contribution in [0.1, 0.15) is 17.7 Å². The molecule has 0 unspecified atom stereocenters. The monoisotopic (exact) mass is 628 g/mol. The summed E-state index contributed by atoms with van der Waals surface area (Å²) in [6.07, 6.45) is 6.65. The fourth-order valence-electron chi connectivity index (χ4n) is 7.05. The van der Waals surface area contributed by atoms with Crippen molar-refractivity contribution < 1.29 is 0 Å². The van der Waals surface area contributed by atoms with E-state index >= 15 is 0 Å². The molecule has 0 atom stereocenters. The van der Waals surface area contributed by atoms with Crippen LogP contribution in [0.2, 0.25) is 0 Å². The number of rotatable bonds is 6. The first kappa shape index (κ1) is 28.8. The minimum absolute atomic E-state index is 0.642. The molecule has 4 heteroatoms. The van der Waals surface area contributed by atoms with E-state index in [1.807, 2.05) is 42.5 Å². The lowest BCUT2D eigenvalue weighted by molar-refractivity contribution is 0.889. The first-order chi connectivity index (χ1) is 24.3. The van der Waals surface area contributed by atoms with Gasteiger partial charge in [-0.05, 0) is 41.7 Å². The smallest absolute Gasteiger partial charge is 0.164 e. The molecule has 9 rings (SSSR count). The van der Waals surface area contributed by atoms with Gasteiger partial charge in [0.1, 0.15) is 0 Å². The van der Waals surface area contributed by atoms with E-state index in [4.69, 9.17) is 15.0 Å². The Bertz CT molecular complexity index is 2480. The van der Waals surface area contributed by atoms with Crippen LogP contribution in [-0.4, -0.2) is 19.5 Å². The highest BCUT2D eigenvalue weighted by atomic mass is 15.0. The number of aromatic nitrogens is 4. The van der Waals surface area contributed by atoms with Crippen LogP contribution in [0.4, 0.5) is 0 Å². The normalized spacial score (nSPS) is 12.2. The summed E-state index contributed by atoms with van der Waals surface area (Å²) in [5.74, 6) is 1.94. The maximum Gasteiger partial charge on any atom is 0.164 e. The van der Waals surface area contributed by atoms with Crippen LogP contribution in [0.15, 0.2) is 164 Å². The number of para-hydroxylation sites is 2. The van der Waals surface area contributed by atoms with Crippen molar-refractivity contribution >= 4 is 17.0 Å². The Kier molecular flexibility index (Phi) is 7.25. The molecule has 0 fully saturated rings. The van der Waals surface area contributed by atoms with Crippen molar-refractivity contribution in [1.29, 1.82) is 0 Å². The van der Waals surface area contributed by atoms with Gasteiger partial charge in [-0.2, -0.15) is 0 Å². The second kappa shape index (κ2) is 12.3. The third kappa shape index (κ3) is 5.24. The van der Waals surface area contributed by atoms with E-state index in [0.717, 1.165) is 46.2 Å². The van der Waals surface area contributed by atoms with Gasteiger partial charge in [-0.1, -0.05) is 158 Å². The molecule has 4 nitrogen and oxygen atoms in total. The second-order valence-electron chi connectivity index (χ2n) is 12.3. The molecule has 0 aliphatic heterocycles. The van der Waals surface area contributed by atoms with E-state index in [0.29, 0.717) is 17.5 Å². The summed E-state index contributed by atoms with van der Waals surface area (Å²) < 4.78 is 2.46. The standard InChI is InChI=1S/C45H32N4/c1-3-15-31(16-4-1)35-19-7-8-23-39(35)45-47-43(33-17-5-2-6-18-33)46-44(48-45)34-29-27-32(28-30-34)36-20-9-12-24-40(36)49-41-25-13-10-21-37(41)38-22-11-14-26-42(38)49/h1-13,15-25,27-30H,14,26H2. The number of nitrogens with zero attached hydrogens (tertiary/aromatic N) is 4. The van der Waals surface area contributed by atoms with Gasteiger partial charge in [-0.3, -0.25) is 0 Å². The molecule has 6 aromatic carbocycles. The van der Waals surface area contributed by atoms with E-state index in [2.05, 4.69) is 132 Å². The van der Waals surface area contributed by atoms with Crippen LogP contribution in [0.25, 0.3) is 79.1 Å². The van der Waals surface area contributed by atoms with Crippen molar-refractivity contribution in [1.82, 2.24) is 19.5 Å². The van der Waals surface area contributed by atoms with Crippen LogP contribution in [0.5, 0.6) is 0 Å². The summed E-state index contributed by atoms with van der Waals surface area (Å²) in [6, 6.07) is 55.0. The van der Waals surface area contributed by atoms with E-state index in [-0.39, 0.29) is 0 Å². The highest BCUT2D eigenvalue weighted by Crippen LogP contribution is 2.38. The molecule has 2 heterocycles. The first-order valence-electron chi connectivity index (χ1n) is 16.8. The Morgan fingerprint density at radius 3 is 1.71 bits per heavy atom. The Morgan fingerprint density at radius 2 is 0.959 bits per heavy atom. The SMILES string of the molecule is C1=Cc2c(n(-c3ccccc3-c3ccc(-c4nc(-c5ccccc5)nc(-c5ccccc5-c5ccccc5)n4)cc3)c3ccccc23)CC1. The van der Waals surface area contributed by atoms with E-state index in [1.54, 1.807) is 0 Å². The molecule has 49 heavy (non-hydrogen) atoms. The summed E-state index contributed by atoms with van der Waals surface area (Å²) in [6.45, 7) is 0. The van der Waals surface area contributed by atoms with Gasteiger partial charge in [0.2, 0.25) is 0 Å². The Labute approximate surface area is 285 Å². The Balaban J connectivity index is 1.16. The Hall–Kier alpha value is -6.39. The minimum Gasteiger partial charge on any atom is -0.312 e. The van der Waals surface area contributed by atoms with E-state index in [1.165, 1.54) is 33.4 Å². The number of benzene rings is 6. The van der Waals surface area contributed by atoms with Crippen molar-refractivity contribution in [2.45, 2.75) is 12.8 Å². The second-order valence-corrected chi connectivity index (χ2v) is 12.3. The van der Waals surface area contributed by atoms with Crippen molar-refractivity contribution in [2.75, 3.05) is 0 Å². The van der Waals surface area contributed by atoms with Crippen LogP contribution in [-0.2, 0) is 6.42 Å². The largest absolute Gasteiger partial charge is 0.312 e. The maximum absolute atomic E-state index is 5.10. The zero-order valence-electron chi connectivity index (χ0n) is 26.9. The number of hydrogen-bond acceptors (Lipinski definition) is 3. The molecule has 0 saturated heterocycles. The van der Waals surface area contributed by atoms with Gasteiger partial charge < -0.3 is 4.57 Å². The zero-order valence-corrected chi connectivity index (χ0v) is 26.9. The number of allylic oxidation sites excluding steroid dienone is 1. The highest BCUT2D eigenvalue weighted by molar-refractivity contribution is 5.94. The molecular weight excluding hydrogens is 597 g/mol. The van der Waals surface area contributed by atoms with Gasteiger partial charge in [0.05, 0.1) is 11.2 Å². The lowest BCUT2D eigenvalue weighted by Crippen LogP contribution is -2.04. The summed E-state index contributed by atoms with van der Waals surface area (Å²) in [7, 11) is 0. The molecule has 0 spiro atoms. The van der Waals surface area contributed by atoms with Gasteiger partial charge in [0, 0.05) is 38.9 Å². The average molecular weight is 629 g/mol. The van der Waals surface area contributed by atoms with Crippen molar-refractivity contribution in [2.24, 2.45) is 0 Å². The molecule has 0 amide bonds. The fraction of sp³-hybridized carbons (Fsp3) is 0.0444. The molecule has 0 radical (unpaired) electrons. The summed E-state index contributed by atoms with van der Waals surface area (Å²) >= 11 is 0. The molecule has 2 aromatic heterocycles. The van der Waals surface area contributed by atoms with Crippen molar-refractivity contribution in [3.63, 3.8) is 0 Å². The third-order valence-corrected chi connectivity index (χ3v) is 9.37. The highest BCUT2D eigenvalue weighted by Gasteiger charge is 2.21. The Morgan fingerprint density at radius 1 is 0.429 bits per heavy atom. The van der Waals surface area contributed by atoms with E-state index in [9.17, 15) is 0 Å². The van der Waals surface area contributed by atoms with Crippen LogP contribution in [0.3, 0.4) is 0 Å². The zero-order chi connectivity index (χ0) is 32.6. The predicted molar refractivity (Wildman–Crippen MR) is 201 cm³/mol. The average Bonchev–Trinajstić information content (AvgIpc) is 3.53. The molecule has 0 N–H and O–H groups in total. The van der Waals surface area contributed by atoms with Crippen LogP contribution < -0.4 is 0 Å².